The van der Waals surface area contributed by atoms with Crippen LogP contribution in [0, 0.1) is 52.3 Å². The summed E-state index contributed by atoms with van der Waals surface area (Å²) < 4.78 is 19.0. The Labute approximate surface area is 211 Å². The Morgan fingerprint density at radius 1 is 1.03 bits per heavy atom. The van der Waals surface area contributed by atoms with Crippen LogP contribution in [0.4, 0.5) is 0 Å². The van der Waals surface area contributed by atoms with Crippen LogP contribution >= 0.6 is 0 Å². The Morgan fingerprint density at radius 2 is 1.80 bits per heavy atom. The molecule has 0 aromatic heterocycles. The predicted molar refractivity (Wildman–Crippen MR) is 132 cm³/mol. The van der Waals surface area contributed by atoms with E-state index in [9.17, 15) is 9.90 Å². The number of hydrogen-bond acceptors (Lipinski definition) is 6. The first kappa shape index (κ1) is 24.6. The van der Waals surface area contributed by atoms with Crippen LogP contribution in [-0.4, -0.2) is 41.4 Å². The minimum atomic E-state index is -0.602. The SMILES string of the molecule is CC(=O)O[C@@H]1C[C@@]2(C)[C@H](CC[C@@H]3[C@@H]2CC[C@]2(C)[C@H]4[C@H](C)[C@@]5(CCC(C)CO5)O[C@@]4(N)C[C@@H]32)C[C@H]1O. The van der Waals surface area contributed by atoms with E-state index in [1.807, 2.05) is 0 Å². The lowest BCUT2D eigenvalue weighted by atomic mass is 9.44. The molecule has 0 amide bonds. The van der Waals surface area contributed by atoms with Crippen LogP contribution in [0.1, 0.15) is 92.4 Å². The third-order valence-corrected chi connectivity index (χ3v) is 12.3. The van der Waals surface area contributed by atoms with Gasteiger partial charge in [0.25, 0.3) is 0 Å². The third-order valence-electron chi connectivity index (χ3n) is 12.3. The summed E-state index contributed by atoms with van der Waals surface area (Å²) in [6.07, 6.45) is 8.38. The molecule has 198 valence electrons. The van der Waals surface area contributed by atoms with Crippen molar-refractivity contribution in [3.05, 3.63) is 0 Å². The number of ether oxygens (including phenoxy) is 3. The van der Waals surface area contributed by atoms with Crippen LogP contribution in [0.15, 0.2) is 0 Å². The normalized spacial score (nSPS) is 59.3. The summed E-state index contributed by atoms with van der Waals surface area (Å²) in [5.74, 6) is 2.68. The van der Waals surface area contributed by atoms with Crippen LogP contribution in [0.25, 0.3) is 0 Å². The molecule has 0 bridgehead atoms. The van der Waals surface area contributed by atoms with Crippen molar-refractivity contribution >= 4 is 5.97 Å². The predicted octanol–water partition coefficient (Wildman–Crippen LogP) is 4.62. The standard InChI is InChI=1S/C29H47NO5/c1-16-8-11-29(33-15-16)17(2)25-26(4)10-9-21-20(22(26)13-28(25,30)35-29)7-6-19-12-23(32)24(34-18(3)31)14-27(19,21)5/h16-17,19-25,32H,6-15,30H2,1-5H3/t16?,17-,19+,20+,21-,22-,23+,24+,25+,26-,27-,28-,29+/m0/s1. The molecule has 4 aliphatic carbocycles. The highest BCUT2D eigenvalue weighted by Gasteiger charge is 2.74. The number of carbonyl (C=O) groups excluding carboxylic acids is 1. The van der Waals surface area contributed by atoms with Crippen molar-refractivity contribution in [2.75, 3.05) is 6.61 Å². The van der Waals surface area contributed by atoms with Gasteiger partial charge in [-0.05, 0) is 91.8 Å². The summed E-state index contributed by atoms with van der Waals surface area (Å²) in [4.78, 5) is 11.7. The number of aliphatic hydroxyl groups is 1. The molecule has 1 spiro atoms. The van der Waals surface area contributed by atoms with Crippen LogP contribution < -0.4 is 5.73 Å². The van der Waals surface area contributed by atoms with Crippen molar-refractivity contribution in [1.29, 1.82) is 0 Å². The van der Waals surface area contributed by atoms with Crippen LogP contribution in [0.5, 0.6) is 0 Å². The number of fused-ring (bicyclic) bond motifs is 7. The molecule has 6 rings (SSSR count). The summed E-state index contributed by atoms with van der Waals surface area (Å²) in [5.41, 5.74) is 6.89. The Balaban J connectivity index is 1.27. The fourth-order valence-corrected chi connectivity index (χ4v) is 10.8. The van der Waals surface area contributed by atoms with Gasteiger partial charge in [0.15, 0.2) is 5.79 Å². The molecule has 0 aromatic carbocycles. The molecule has 3 N–H and O–H groups in total. The smallest absolute Gasteiger partial charge is 0.302 e. The number of carbonyl (C=O) groups is 1. The van der Waals surface area contributed by atoms with E-state index in [2.05, 4.69) is 27.7 Å². The Bertz CT molecular complexity index is 871. The molecular weight excluding hydrogens is 442 g/mol. The number of rotatable bonds is 1. The molecule has 4 saturated carbocycles. The molecule has 1 unspecified atom stereocenters. The quantitative estimate of drug-likeness (QED) is 0.522. The van der Waals surface area contributed by atoms with E-state index < -0.39 is 17.6 Å². The number of nitrogens with two attached hydrogens (primary N) is 1. The molecule has 6 nitrogen and oxygen atoms in total. The van der Waals surface area contributed by atoms with Crippen molar-refractivity contribution in [3.63, 3.8) is 0 Å². The molecule has 6 aliphatic rings. The van der Waals surface area contributed by atoms with Crippen molar-refractivity contribution in [2.45, 2.75) is 116 Å². The maximum absolute atomic E-state index is 11.7. The summed E-state index contributed by atoms with van der Waals surface area (Å²) in [5, 5.41) is 10.7. The van der Waals surface area contributed by atoms with Gasteiger partial charge < -0.3 is 25.1 Å². The average molecular weight is 490 g/mol. The van der Waals surface area contributed by atoms with Crippen LogP contribution in [0.3, 0.4) is 0 Å². The first-order valence-electron chi connectivity index (χ1n) is 14.4. The van der Waals surface area contributed by atoms with E-state index >= 15 is 0 Å². The number of hydrogen-bond donors (Lipinski definition) is 2. The fourth-order valence-electron chi connectivity index (χ4n) is 10.8. The van der Waals surface area contributed by atoms with Gasteiger partial charge in [-0.25, -0.2) is 0 Å². The molecule has 13 atom stereocenters. The first-order valence-corrected chi connectivity index (χ1v) is 14.4. The minimum Gasteiger partial charge on any atom is -0.460 e. The largest absolute Gasteiger partial charge is 0.460 e. The minimum absolute atomic E-state index is 0.0966. The second-order valence-corrected chi connectivity index (χ2v) is 14.2. The average Bonchev–Trinajstić information content (AvgIpc) is 3.14. The van der Waals surface area contributed by atoms with E-state index in [0.717, 1.165) is 45.1 Å². The molecule has 6 fully saturated rings. The van der Waals surface area contributed by atoms with E-state index in [0.29, 0.717) is 41.4 Å². The highest BCUT2D eigenvalue weighted by molar-refractivity contribution is 5.66. The summed E-state index contributed by atoms with van der Waals surface area (Å²) in [6.45, 7) is 11.8. The molecule has 0 aromatic rings. The van der Waals surface area contributed by atoms with E-state index in [4.69, 9.17) is 19.9 Å². The zero-order valence-electron chi connectivity index (χ0n) is 22.4. The Morgan fingerprint density at radius 3 is 2.49 bits per heavy atom. The van der Waals surface area contributed by atoms with Crippen LogP contribution in [0.2, 0.25) is 0 Å². The van der Waals surface area contributed by atoms with E-state index in [1.165, 1.54) is 26.2 Å². The van der Waals surface area contributed by atoms with Gasteiger partial charge >= 0.3 is 5.97 Å². The molecule has 35 heavy (non-hydrogen) atoms. The lowest BCUT2D eigenvalue weighted by molar-refractivity contribution is -0.290. The molecular formula is C29H47NO5. The topological polar surface area (TPSA) is 91.0 Å². The van der Waals surface area contributed by atoms with Gasteiger partial charge in [0.1, 0.15) is 11.8 Å². The van der Waals surface area contributed by atoms with E-state index in [-0.39, 0.29) is 22.9 Å². The molecule has 0 radical (unpaired) electrons. The van der Waals surface area contributed by atoms with Gasteiger partial charge in [-0.15, -0.1) is 0 Å². The molecule has 2 aliphatic heterocycles. The Hall–Kier alpha value is -0.690. The van der Waals surface area contributed by atoms with Gasteiger partial charge in [-0.3, -0.25) is 4.79 Å². The van der Waals surface area contributed by atoms with E-state index in [1.54, 1.807) is 0 Å². The third kappa shape index (κ3) is 3.38. The molecule has 6 heteroatoms. The van der Waals surface area contributed by atoms with Gasteiger partial charge in [-0.2, -0.15) is 0 Å². The van der Waals surface area contributed by atoms with Crippen LogP contribution in [-0.2, 0) is 19.0 Å². The fraction of sp³-hybridized carbons (Fsp3) is 0.966. The summed E-state index contributed by atoms with van der Waals surface area (Å²) >= 11 is 0. The lowest BCUT2D eigenvalue weighted by Crippen LogP contribution is -2.57. The maximum atomic E-state index is 11.7. The molecule has 2 saturated heterocycles. The van der Waals surface area contributed by atoms with Gasteiger partial charge in [0.05, 0.1) is 12.7 Å². The van der Waals surface area contributed by atoms with Gasteiger partial charge in [-0.1, -0.05) is 27.7 Å². The van der Waals surface area contributed by atoms with Crippen molar-refractivity contribution in [3.8, 4) is 0 Å². The molecule has 2 heterocycles. The lowest BCUT2D eigenvalue weighted by Gasteiger charge is -2.61. The zero-order chi connectivity index (χ0) is 25.0. The van der Waals surface area contributed by atoms with Crippen molar-refractivity contribution < 1.29 is 24.1 Å². The monoisotopic (exact) mass is 489 g/mol. The van der Waals surface area contributed by atoms with Crippen molar-refractivity contribution in [1.82, 2.24) is 0 Å². The second-order valence-electron chi connectivity index (χ2n) is 14.2. The van der Waals surface area contributed by atoms with Gasteiger partial charge in [0, 0.05) is 25.2 Å². The second kappa shape index (κ2) is 7.91. The summed E-state index contributed by atoms with van der Waals surface area (Å²) in [6, 6.07) is 0. The van der Waals surface area contributed by atoms with Crippen molar-refractivity contribution in [2.24, 2.45) is 58.0 Å². The van der Waals surface area contributed by atoms with Gasteiger partial charge in [0.2, 0.25) is 0 Å². The zero-order valence-corrected chi connectivity index (χ0v) is 22.4. The summed E-state index contributed by atoms with van der Waals surface area (Å²) in [7, 11) is 0. The number of esters is 1. The number of aliphatic hydroxyl groups excluding tert-OH is 1. The maximum Gasteiger partial charge on any atom is 0.302 e. The Kier molecular flexibility index (Phi) is 5.57. The highest BCUT2D eigenvalue weighted by atomic mass is 16.7. The highest BCUT2D eigenvalue weighted by Crippen LogP contribution is 2.73. The first-order chi connectivity index (χ1) is 16.4.